The summed E-state index contributed by atoms with van der Waals surface area (Å²) < 4.78 is 62.4. The van der Waals surface area contributed by atoms with Crippen molar-refractivity contribution in [3.05, 3.63) is 42.1 Å². The molecule has 0 aliphatic rings. The van der Waals surface area contributed by atoms with Crippen molar-refractivity contribution in [1.82, 2.24) is 4.98 Å². The quantitative estimate of drug-likeness (QED) is 0.782. The van der Waals surface area contributed by atoms with Gasteiger partial charge in [0.25, 0.3) is 0 Å². The summed E-state index contributed by atoms with van der Waals surface area (Å²) in [6, 6.07) is 7.49. The van der Waals surface area contributed by atoms with Crippen LogP contribution in [0.5, 0.6) is 0 Å². The summed E-state index contributed by atoms with van der Waals surface area (Å²) in [4.78, 5) is 5.60. The number of benzene rings is 1. The van der Waals surface area contributed by atoms with E-state index in [1.54, 1.807) is 43.4 Å². The molecule has 11 heteroatoms. The highest BCUT2D eigenvalue weighted by molar-refractivity contribution is 7.93. The van der Waals surface area contributed by atoms with E-state index in [0.717, 1.165) is 5.56 Å². The molecule has 2 aromatic rings. The van der Waals surface area contributed by atoms with Crippen molar-refractivity contribution in [1.29, 1.82) is 0 Å². The normalized spacial score (nSPS) is 12.4. The second-order valence-electron chi connectivity index (χ2n) is 5.54. The number of halogens is 3. The van der Waals surface area contributed by atoms with Crippen LogP contribution in [-0.2, 0) is 10.0 Å². The lowest BCUT2D eigenvalue weighted by atomic mass is 10.2. The lowest BCUT2D eigenvalue weighted by Gasteiger charge is -2.16. The lowest BCUT2D eigenvalue weighted by Crippen LogP contribution is -2.30. The second-order valence-corrected chi connectivity index (χ2v) is 7.21. The predicted molar refractivity (Wildman–Crippen MR) is 92.5 cm³/mol. The highest BCUT2D eigenvalue weighted by Gasteiger charge is 2.46. The zero-order valence-corrected chi connectivity index (χ0v) is 14.9. The third-order valence-electron chi connectivity index (χ3n) is 3.20. The first-order valence-corrected chi connectivity index (χ1v) is 8.73. The number of hydrogen-bond donors (Lipinski definition) is 1. The number of aryl methyl sites for hydroxylation is 1. The van der Waals surface area contributed by atoms with Crippen LogP contribution in [0, 0.1) is 6.92 Å². The molecule has 0 spiro atoms. The zero-order valence-electron chi connectivity index (χ0n) is 14.1. The number of hydrogen-bond acceptors (Lipinski definition) is 6. The van der Waals surface area contributed by atoms with Gasteiger partial charge >= 0.3 is 15.5 Å². The third kappa shape index (κ3) is 4.69. The fourth-order valence-electron chi connectivity index (χ4n) is 1.80. The summed E-state index contributed by atoms with van der Waals surface area (Å²) in [5.41, 5.74) is -4.49. The summed E-state index contributed by atoms with van der Waals surface area (Å²) in [6.07, 6.45) is 1.55. The Morgan fingerprint density at radius 1 is 1.12 bits per heavy atom. The van der Waals surface area contributed by atoms with E-state index in [4.69, 9.17) is 0 Å². The molecule has 26 heavy (non-hydrogen) atoms. The molecular weight excluding hydrogens is 371 g/mol. The first-order chi connectivity index (χ1) is 12.0. The van der Waals surface area contributed by atoms with Crippen molar-refractivity contribution in [3.63, 3.8) is 0 Å². The Hall–Kier alpha value is -2.69. The SMILES string of the molecule is Cc1ccc(N=Nc2ccc(N(C)C)cc2NS(=O)(=O)C(F)(F)F)nc1. The molecule has 7 nitrogen and oxygen atoms in total. The van der Waals surface area contributed by atoms with Crippen LogP contribution in [0.3, 0.4) is 0 Å². The summed E-state index contributed by atoms with van der Waals surface area (Å²) in [7, 11) is -2.27. The number of nitrogens with zero attached hydrogens (tertiary/aromatic N) is 4. The molecule has 0 bridgehead atoms. The fourth-order valence-corrected chi connectivity index (χ4v) is 2.37. The molecule has 0 radical (unpaired) electrons. The lowest BCUT2D eigenvalue weighted by molar-refractivity contribution is -0.0429. The van der Waals surface area contributed by atoms with Gasteiger partial charge in [-0.25, -0.2) is 4.98 Å². The van der Waals surface area contributed by atoms with Crippen molar-refractivity contribution in [2.45, 2.75) is 12.4 Å². The van der Waals surface area contributed by atoms with Crippen molar-refractivity contribution in [3.8, 4) is 0 Å². The summed E-state index contributed by atoms with van der Waals surface area (Å²) in [5.74, 6) is 0.233. The van der Waals surface area contributed by atoms with Crippen molar-refractivity contribution in [2.75, 3.05) is 23.7 Å². The molecule has 0 aliphatic carbocycles. The summed E-state index contributed by atoms with van der Waals surface area (Å²) >= 11 is 0. The van der Waals surface area contributed by atoms with Crippen molar-refractivity contribution < 1.29 is 21.6 Å². The monoisotopic (exact) mass is 387 g/mol. The Labute approximate surface area is 148 Å². The number of sulfonamides is 1. The molecule has 0 amide bonds. The number of azo groups is 1. The molecule has 1 aromatic heterocycles. The minimum absolute atomic E-state index is 0.0780. The molecule has 0 saturated heterocycles. The van der Waals surface area contributed by atoms with E-state index in [1.165, 1.54) is 16.9 Å². The van der Waals surface area contributed by atoms with Gasteiger partial charge in [0.1, 0.15) is 5.69 Å². The van der Waals surface area contributed by atoms with Gasteiger partial charge in [-0.1, -0.05) is 6.07 Å². The largest absolute Gasteiger partial charge is 0.516 e. The molecule has 0 fully saturated rings. The maximum absolute atomic E-state index is 12.7. The molecule has 2 rings (SSSR count). The molecule has 0 unspecified atom stereocenters. The molecule has 0 atom stereocenters. The Morgan fingerprint density at radius 3 is 2.35 bits per heavy atom. The fraction of sp³-hybridized carbons (Fsp3) is 0.267. The molecule has 1 aromatic carbocycles. The van der Waals surface area contributed by atoms with E-state index in [0.29, 0.717) is 5.69 Å². The van der Waals surface area contributed by atoms with E-state index >= 15 is 0 Å². The van der Waals surface area contributed by atoms with Crippen LogP contribution in [0.15, 0.2) is 46.8 Å². The van der Waals surface area contributed by atoms with Gasteiger partial charge in [0.05, 0.1) is 5.69 Å². The van der Waals surface area contributed by atoms with Gasteiger partial charge in [0.15, 0.2) is 5.82 Å². The van der Waals surface area contributed by atoms with E-state index in [9.17, 15) is 21.6 Å². The molecule has 1 N–H and O–H groups in total. The minimum atomic E-state index is -5.59. The smallest absolute Gasteiger partial charge is 0.378 e. The van der Waals surface area contributed by atoms with Gasteiger partial charge in [-0.15, -0.1) is 10.2 Å². The third-order valence-corrected chi connectivity index (χ3v) is 4.30. The van der Waals surface area contributed by atoms with Crippen LogP contribution in [0.2, 0.25) is 0 Å². The van der Waals surface area contributed by atoms with Gasteiger partial charge in [-0.3, -0.25) is 4.72 Å². The van der Waals surface area contributed by atoms with E-state index in [-0.39, 0.29) is 17.2 Å². The number of aromatic nitrogens is 1. The van der Waals surface area contributed by atoms with E-state index < -0.39 is 15.5 Å². The topological polar surface area (TPSA) is 87.0 Å². The number of rotatable bonds is 5. The average Bonchev–Trinajstić information content (AvgIpc) is 2.53. The van der Waals surface area contributed by atoms with Crippen LogP contribution < -0.4 is 9.62 Å². The van der Waals surface area contributed by atoms with Crippen LogP contribution in [-0.4, -0.2) is 33.0 Å². The molecular formula is C15H16F3N5O2S. The Balaban J connectivity index is 2.43. The number of alkyl halides is 3. The molecule has 0 saturated carbocycles. The van der Waals surface area contributed by atoms with Crippen LogP contribution in [0.4, 0.5) is 36.1 Å². The highest BCUT2D eigenvalue weighted by Crippen LogP contribution is 2.34. The van der Waals surface area contributed by atoms with Crippen molar-refractivity contribution >= 4 is 32.9 Å². The first kappa shape index (κ1) is 19.6. The van der Waals surface area contributed by atoms with Crippen LogP contribution >= 0.6 is 0 Å². The van der Waals surface area contributed by atoms with Gasteiger partial charge < -0.3 is 4.90 Å². The van der Waals surface area contributed by atoms with Gasteiger partial charge in [0, 0.05) is 26.0 Å². The Morgan fingerprint density at radius 2 is 1.81 bits per heavy atom. The average molecular weight is 387 g/mol. The summed E-state index contributed by atoms with van der Waals surface area (Å²) in [6.45, 7) is 1.83. The van der Waals surface area contributed by atoms with Gasteiger partial charge in [-0.2, -0.15) is 21.6 Å². The highest BCUT2D eigenvalue weighted by atomic mass is 32.2. The standard InChI is InChI=1S/C15H16F3N5O2S/c1-10-4-7-14(19-9-10)21-20-12-6-5-11(23(2)3)8-13(12)22-26(24,25)15(16,17)18/h4-9,22H,1-3H3. The molecule has 0 aliphatic heterocycles. The number of nitrogens with one attached hydrogen (secondary N) is 1. The van der Waals surface area contributed by atoms with Crippen LogP contribution in [0.1, 0.15) is 5.56 Å². The van der Waals surface area contributed by atoms with Gasteiger partial charge in [-0.05, 0) is 36.8 Å². The Bertz CT molecular complexity index is 910. The number of anilines is 2. The Kier molecular flexibility index (Phi) is 5.50. The second kappa shape index (κ2) is 7.28. The van der Waals surface area contributed by atoms with E-state index in [2.05, 4.69) is 15.2 Å². The maximum Gasteiger partial charge on any atom is 0.516 e. The van der Waals surface area contributed by atoms with Crippen LogP contribution in [0.25, 0.3) is 0 Å². The van der Waals surface area contributed by atoms with Crippen molar-refractivity contribution in [2.24, 2.45) is 10.2 Å². The van der Waals surface area contributed by atoms with E-state index in [1.807, 2.05) is 6.92 Å². The minimum Gasteiger partial charge on any atom is -0.378 e. The molecule has 1 heterocycles. The maximum atomic E-state index is 12.7. The predicted octanol–water partition coefficient (Wildman–Crippen LogP) is 4.13. The zero-order chi connectivity index (χ0) is 19.5. The molecule has 140 valence electrons. The summed E-state index contributed by atoms with van der Waals surface area (Å²) in [5, 5.41) is 7.65. The number of pyridine rings is 1. The first-order valence-electron chi connectivity index (χ1n) is 7.24. The van der Waals surface area contributed by atoms with Gasteiger partial charge in [0.2, 0.25) is 0 Å².